The van der Waals surface area contributed by atoms with Crippen LogP contribution in [0.5, 0.6) is 0 Å². The second-order valence-electron chi connectivity index (χ2n) is 3.70. The number of pyridine rings is 1. The van der Waals surface area contributed by atoms with Gasteiger partial charge in [0.2, 0.25) is 6.41 Å². The molecule has 0 bridgehead atoms. The summed E-state index contributed by atoms with van der Waals surface area (Å²) < 4.78 is 0. The number of rotatable bonds is 3. The molecular formula is C11H13N3O2. The number of carbonyl (C=O) groups excluding carboxylic acids is 2. The van der Waals surface area contributed by atoms with E-state index in [0.29, 0.717) is 5.56 Å². The van der Waals surface area contributed by atoms with E-state index in [4.69, 9.17) is 0 Å². The Kier molecular flexibility index (Phi) is 3.14. The lowest BCUT2D eigenvalue weighted by molar-refractivity contribution is -0.118. The zero-order valence-corrected chi connectivity index (χ0v) is 8.87. The summed E-state index contributed by atoms with van der Waals surface area (Å²) in [6, 6.07) is 3.59. The molecule has 1 saturated heterocycles. The SMILES string of the molecule is O=Cc1ccc(N2CCN(C=O)CC2)nc1. The Labute approximate surface area is 93.7 Å². The standard InChI is InChI=1S/C11H13N3O2/c15-8-10-1-2-11(12-7-10)14-5-3-13(9-16)4-6-14/h1-2,7-9H,3-6H2. The fourth-order valence-corrected chi connectivity index (χ4v) is 1.71. The summed E-state index contributed by atoms with van der Waals surface area (Å²) in [7, 11) is 0. The largest absolute Gasteiger partial charge is 0.353 e. The normalized spacial score (nSPS) is 16.0. The maximum absolute atomic E-state index is 10.5. The highest BCUT2D eigenvalue weighted by atomic mass is 16.1. The molecule has 0 N–H and O–H groups in total. The molecule has 0 radical (unpaired) electrons. The van der Waals surface area contributed by atoms with Gasteiger partial charge in [-0.1, -0.05) is 0 Å². The Hall–Kier alpha value is -1.91. The molecule has 1 aromatic rings. The summed E-state index contributed by atoms with van der Waals surface area (Å²) in [5.74, 6) is 0.858. The summed E-state index contributed by atoms with van der Waals surface area (Å²) in [5.41, 5.74) is 0.579. The van der Waals surface area contributed by atoms with Gasteiger partial charge < -0.3 is 9.80 Å². The van der Waals surface area contributed by atoms with Crippen LogP contribution in [0.4, 0.5) is 5.82 Å². The van der Waals surface area contributed by atoms with Gasteiger partial charge in [-0.3, -0.25) is 9.59 Å². The van der Waals surface area contributed by atoms with Gasteiger partial charge >= 0.3 is 0 Å². The molecule has 0 atom stereocenters. The highest BCUT2D eigenvalue weighted by Crippen LogP contribution is 2.12. The summed E-state index contributed by atoms with van der Waals surface area (Å²) in [4.78, 5) is 29.1. The van der Waals surface area contributed by atoms with E-state index in [1.165, 1.54) is 0 Å². The minimum atomic E-state index is 0.579. The molecule has 84 valence electrons. The van der Waals surface area contributed by atoms with E-state index >= 15 is 0 Å². The first-order valence-electron chi connectivity index (χ1n) is 5.19. The second-order valence-corrected chi connectivity index (χ2v) is 3.70. The molecule has 2 heterocycles. The van der Waals surface area contributed by atoms with Crippen molar-refractivity contribution in [1.82, 2.24) is 9.88 Å². The van der Waals surface area contributed by atoms with Crippen LogP contribution in [0.2, 0.25) is 0 Å². The molecule has 1 aromatic heterocycles. The lowest BCUT2D eigenvalue weighted by atomic mass is 10.3. The first kappa shape index (κ1) is 10.6. The minimum absolute atomic E-state index is 0.579. The first-order chi connectivity index (χ1) is 7.83. The number of aldehydes is 1. The van der Waals surface area contributed by atoms with E-state index < -0.39 is 0 Å². The lowest BCUT2D eigenvalue weighted by Crippen LogP contribution is -2.46. The van der Waals surface area contributed by atoms with Gasteiger partial charge in [0.15, 0.2) is 6.29 Å². The molecule has 5 nitrogen and oxygen atoms in total. The molecule has 1 fully saturated rings. The number of anilines is 1. The van der Waals surface area contributed by atoms with Gasteiger partial charge in [-0.25, -0.2) is 4.98 Å². The number of piperazine rings is 1. The smallest absolute Gasteiger partial charge is 0.209 e. The van der Waals surface area contributed by atoms with Crippen LogP contribution in [0.15, 0.2) is 18.3 Å². The second kappa shape index (κ2) is 4.74. The van der Waals surface area contributed by atoms with Gasteiger partial charge in [-0.2, -0.15) is 0 Å². The molecule has 2 rings (SSSR count). The molecule has 0 aromatic carbocycles. The van der Waals surface area contributed by atoms with Crippen LogP contribution in [-0.4, -0.2) is 48.8 Å². The summed E-state index contributed by atoms with van der Waals surface area (Å²) in [5, 5.41) is 0. The third kappa shape index (κ3) is 2.18. The first-order valence-corrected chi connectivity index (χ1v) is 5.19. The number of amides is 1. The Morgan fingerprint density at radius 1 is 1.12 bits per heavy atom. The zero-order chi connectivity index (χ0) is 11.4. The number of nitrogens with zero attached hydrogens (tertiary/aromatic N) is 3. The van der Waals surface area contributed by atoms with Crippen molar-refractivity contribution in [3.63, 3.8) is 0 Å². The van der Waals surface area contributed by atoms with Crippen molar-refractivity contribution in [3.05, 3.63) is 23.9 Å². The van der Waals surface area contributed by atoms with E-state index in [-0.39, 0.29) is 0 Å². The van der Waals surface area contributed by atoms with Gasteiger partial charge in [0, 0.05) is 37.9 Å². The highest BCUT2D eigenvalue weighted by molar-refractivity contribution is 5.74. The molecule has 16 heavy (non-hydrogen) atoms. The fraction of sp³-hybridized carbons (Fsp3) is 0.364. The average Bonchev–Trinajstić information content (AvgIpc) is 2.39. The number of hydrogen-bond donors (Lipinski definition) is 0. The average molecular weight is 219 g/mol. The Balaban J connectivity index is 2.02. The quantitative estimate of drug-likeness (QED) is 0.680. The van der Waals surface area contributed by atoms with E-state index in [9.17, 15) is 9.59 Å². The molecule has 5 heteroatoms. The molecule has 0 saturated carbocycles. The lowest BCUT2D eigenvalue weighted by Gasteiger charge is -2.33. The number of aromatic nitrogens is 1. The summed E-state index contributed by atoms with van der Waals surface area (Å²) in [6.45, 7) is 3.01. The Morgan fingerprint density at radius 3 is 2.38 bits per heavy atom. The van der Waals surface area contributed by atoms with Crippen molar-refractivity contribution in [2.24, 2.45) is 0 Å². The van der Waals surface area contributed by atoms with Gasteiger partial charge in [-0.05, 0) is 12.1 Å². The van der Waals surface area contributed by atoms with Crippen LogP contribution in [0.25, 0.3) is 0 Å². The predicted molar refractivity (Wildman–Crippen MR) is 59.5 cm³/mol. The summed E-state index contributed by atoms with van der Waals surface area (Å²) in [6.07, 6.45) is 3.22. The van der Waals surface area contributed by atoms with Crippen LogP contribution in [0, 0.1) is 0 Å². The van der Waals surface area contributed by atoms with Crippen molar-refractivity contribution in [2.75, 3.05) is 31.1 Å². The molecule has 1 aliphatic rings. The van der Waals surface area contributed by atoms with Crippen molar-refractivity contribution in [3.8, 4) is 0 Å². The van der Waals surface area contributed by atoms with Crippen molar-refractivity contribution in [2.45, 2.75) is 0 Å². The van der Waals surface area contributed by atoms with Gasteiger partial charge in [0.1, 0.15) is 5.82 Å². The van der Waals surface area contributed by atoms with E-state index in [1.54, 1.807) is 17.2 Å². The van der Waals surface area contributed by atoms with Crippen LogP contribution in [-0.2, 0) is 4.79 Å². The molecule has 0 aliphatic carbocycles. The van der Waals surface area contributed by atoms with E-state index in [1.807, 2.05) is 6.07 Å². The molecular weight excluding hydrogens is 206 g/mol. The Morgan fingerprint density at radius 2 is 1.88 bits per heavy atom. The predicted octanol–water partition coefficient (Wildman–Crippen LogP) is 0.172. The monoisotopic (exact) mass is 219 g/mol. The molecule has 0 unspecified atom stereocenters. The molecule has 1 amide bonds. The minimum Gasteiger partial charge on any atom is -0.353 e. The van der Waals surface area contributed by atoms with Gasteiger partial charge in [-0.15, -0.1) is 0 Å². The van der Waals surface area contributed by atoms with E-state index in [2.05, 4.69) is 9.88 Å². The zero-order valence-electron chi connectivity index (χ0n) is 8.87. The highest BCUT2D eigenvalue weighted by Gasteiger charge is 2.16. The maximum Gasteiger partial charge on any atom is 0.209 e. The van der Waals surface area contributed by atoms with Crippen molar-refractivity contribution in [1.29, 1.82) is 0 Å². The number of hydrogen-bond acceptors (Lipinski definition) is 4. The topological polar surface area (TPSA) is 53.5 Å². The van der Waals surface area contributed by atoms with Crippen LogP contribution >= 0.6 is 0 Å². The third-order valence-corrected chi connectivity index (χ3v) is 2.69. The Bertz CT molecular complexity index is 369. The van der Waals surface area contributed by atoms with E-state index in [0.717, 1.165) is 44.7 Å². The van der Waals surface area contributed by atoms with Crippen LogP contribution in [0.1, 0.15) is 10.4 Å². The summed E-state index contributed by atoms with van der Waals surface area (Å²) >= 11 is 0. The molecule has 0 spiro atoms. The van der Waals surface area contributed by atoms with Crippen molar-refractivity contribution >= 4 is 18.5 Å². The van der Waals surface area contributed by atoms with Crippen LogP contribution < -0.4 is 4.90 Å². The maximum atomic E-state index is 10.5. The van der Waals surface area contributed by atoms with Crippen LogP contribution in [0.3, 0.4) is 0 Å². The third-order valence-electron chi connectivity index (χ3n) is 2.69. The van der Waals surface area contributed by atoms with Gasteiger partial charge in [0.05, 0.1) is 0 Å². The number of carbonyl (C=O) groups is 2. The van der Waals surface area contributed by atoms with Crippen molar-refractivity contribution < 1.29 is 9.59 Å². The molecule has 1 aliphatic heterocycles. The van der Waals surface area contributed by atoms with Gasteiger partial charge in [0.25, 0.3) is 0 Å². The fourth-order valence-electron chi connectivity index (χ4n) is 1.71.